The topological polar surface area (TPSA) is 75.1 Å². The number of nitrogens with zero attached hydrogens (tertiary/aromatic N) is 2. The minimum absolute atomic E-state index is 0.223. The monoisotopic (exact) mass is 392 g/mol. The number of hydrogen-bond acceptors (Lipinski definition) is 5. The smallest absolute Gasteiger partial charge is 0.338 e. The quantitative estimate of drug-likeness (QED) is 0.296. The molecule has 0 saturated heterocycles. The van der Waals surface area contributed by atoms with Gasteiger partial charge in [0.15, 0.2) is 5.11 Å². The lowest BCUT2D eigenvalue weighted by Crippen LogP contribution is -2.50. The first kappa shape index (κ1) is 23.0. The summed E-state index contributed by atoms with van der Waals surface area (Å²) in [6.45, 7) is 12.3. The van der Waals surface area contributed by atoms with Crippen LogP contribution in [0.2, 0.25) is 0 Å². The van der Waals surface area contributed by atoms with Gasteiger partial charge in [-0.15, -0.1) is 0 Å². The normalized spacial score (nSPS) is 14.0. The molecule has 150 valence electrons. The molecule has 0 saturated carbocycles. The summed E-state index contributed by atoms with van der Waals surface area (Å²) in [5.41, 5.74) is -0.408. The zero-order chi connectivity index (χ0) is 20.5. The van der Waals surface area contributed by atoms with Gasteiger partial charge in [0.2, 0.25) is 0 Å². The molecule has 0 aliphatic carbocycles. The highest BCUT2D eigenvalue weighted by Gasteiger charge is 2.26. The van der Waals surface area contributed by atoms with Crippen LogP contribution in [0.5, 0.6) is 0 Å². The predicted molar refractivity (Wildman–Crippen MR) is 113 cm³/mol. The molecule has 0 heterocycles. The molecular weight excluding hydrogens is 360 g/mol. The Morgan fingerprint density at radius 1 is 1.15 bits per heavy atom. The standard InChI is InChI=1S/C20H32N4O2S/c1-15(2)21-18(27)22-20(6,24-23-19(3,4)5)13-10-14-26-17(25)16-11-8-7-9-12-16/h7-9,11-12,15H,10,13-14H2,1-6H3,(H2,21,22,27)/b24-23+. The number of carbonyl (C=O) groups excluding carboxylic acids is 1. The third-order valence-electron chi connectivity index (χ3n) is 3.42. The average Bonchev–Trinajstić information content (AvgIpc) is 2.56. The van der Waals surface area contributed by atoms with Gasteiger partial charge in [-0.3, -0.25) is 0 Å². The van der Waals surface area contributed by atoms with Crippen LogP contribution in [-0.4, -0.2) is 34.9 Å². The average molecular weight is 393 g/mol. The molecule has 0 spiro atoms. The second-order valence-electron chi connectivity index (χ2n) is 8.00. The van der Waals surface area contributed by atoms with Gasteiger partial charge in [0.05, 0.1) is 17.7 Å². The first-order valence-electron chi connectivity index (χ1n) is 9.26. The molecule has 0 aliphatic heterocycles. The Kier molecular flexibility index (Phi) is 8.82. The fourth-order valence-corrected chi connectivity index (χ4v) is 2.64. The van der Waals surface area contributed by atoms with Gasteiger partial charge in [-0.05, 0) is 78.7 Å². The minimum Gasteiger partial charge on any atom is -0.462 e. The Balaban J connectivity index is 2.63. The zero-order valence-electron chi connectivity index (χ0n) is 17.2. The van der Waals surface area contributed by atoms with E-state index in [1.807, 2.05) is 59.7 Å². The first-order chi connectivity index (χ1) is 12.5. The van der Waals surface area contributed by atoms with Crippen LogP contribution in [0, 0.1) is 0 Å². The van der Waals surface area contributed by atoms with Gasteiger partial charge >= 0.3 is 5.97 Å². The molecule has 1 unspecified atom stereocenters. The van der Waals surface area contributed by atoms with Gasteiger partial charge in [-0.25, -0.2) is 4.79 Å². The minimum atomic E-state index is -0.675. The highest BCUT2D eigenvalue weighted by molar-refractivity contribution is 7.80. The molecule has 0 bridgehead atoms. The Labute approximate surface area is 168 Å². The van der Waals surface area contributed by atoms with Crippen molar-refractivity contribution in [1.82, 2.24) is 10.6 Å². The van der Waals surface area contributed by atoms with E-state index in [-0.39, 0.29) is 17.6 Å². The van der Waals surface area contributed by atoms with E-state index in [4.69, 9.17) is 17.0 Å². The SMILES string of the molecule is CC(C)NC(=S)NC(C)(CCCOC(=O)c1ccccc1)/N=N/C(C)(C)C. The summed E-state index contributed by atoms with van der Waals surface area (Å²) >= 11 is 5.36. The van der Waals surface area contributed by atoms with Crippen molar-refractivity contribution in [3.8, 4) is 0 Å². The van der Waals surface area contributed by atoms with Gasteiger partial charge < -0.3 is 15.4 Å². The summed E-state index contributed by atoms with van der Waals surface area (Å²) in [5.74, 6) is -0.321. The zero-order valence-corrected chi connectivity index (χ0v) is 18.0. The third-order valence-corrected chi connectivity index (χ3v) is 3.64. The molecule has 0 aromatic heterocycles. The lowest BCUT2D eigenvalue weighted by Gasteiger charge is -2.29. The molecule has 27 heavy (non-hydrogen) atoms. The van der Waals surface area contributed by atoms with Crippen molar-refractivity contribution in [2.75, 3.05) is 6.61 Å². The van der Waals surface area contributed by atoms with E-state index in [2.05, 4.69) is 20.9 Å². The summed E-state index contributed by atoms with van der Waals surface area (Å²) in [4.78, 5) is 12.0. The maximum absolute atomic E-state index is 12.0. The van der Waals surface area contributed by atoms with E-state index < -0.39 is 5.66 Å². The second kappa shape index (κ2) is 10.3. The van der Waals surface area contributed by atoms with Crippen molar-refractivity contribution in [3.05, 3.63) is 35.9 Å². The van der Waals surface area contributed by atoms with Gasteiger partial charge in [0.25, 0.3) is 0 Å². The van der Waals surface area contributed by atoms with Crippen LogP contribution < -0.4 is 10.6 Å². The van der Waals surface area contributed by atoms with Gasteiger partial charge in [0, 0.05) is 6.04 Å². The molecule has 1 aromatic rings. The number of esters is 1. The Morgan fingerprint density at radius 2 is 1.78 bits per heavy atom. The van der Waals surface area contributed by atoms with Crippen molar-refractivity contribution < 1.29 is 9.53 Å². The number of azo groups is 1. The molecule has 0 aliphatic rings. The lowest BCUT2D eigenvalue weighted by atomic mass is 10.1. The summed E-state index contributed by atoms with van der Waals surface area (Å²) in [7, 11) is 0. The van der Waals surface area contributed by atoms with E-state index >= 15 is 0 Å². The molecule has 6 nitrogen and oxygen atoms in total. The van der Waals surface area contributed by atoms with Crippen LogP contribution in [-0.2, 0) is 4.74 Å². The molecule has 1 rings (SSSR count). The van der Waals surface area contributed by atoms with E-state index in [9.17, 15) is 4.79 Å². The molecule has 0 fully saturated rings. The van der Waals surface area contributed by atoms with Crippen LogP contribution in [0.25, 0.3) is 0 Å². The summed E-state index contributed by atoms with van der Waals surface area (Å²) in [5, 5.41) is 15.8. The molecule has 1 aromatic carbocycles. The van der Waals surface area contributed by atoms with Crippen molar-refractivity contribution in [2.45, 2.75) is 71.6 Å². The Hall–Kier alpha value is -2.02. The van der Waals surface area contributed by atoms with Gasteiger partial charge in [-0.2, -0.15) is 10.2 Å². The second-order valence-corrected chi connectivity index (χ2v) is 8.41. The number of benzene rings is 1. The van der Waals surface area contributed by atoms with E-state index in [1.54, 1.807) is 12.1 Å². The fraction of sp³-hybridized carbons (Fsp3) is 0.600. The molecule has 0 amide bonds. The van der Waals surface area contributed by atoms with E-state index in [0.29, 0.717) is 30.1 Å². The molecule has 1 atom stereocenters. The number of nitrogens with one attached hydrogen (secondary N) is 2. The Morgan fingerprint density at radius 3 is 2.33 bits per heavy atom. The van der Waals surface area contributed by atoms with Crippen LogP contribution in [0.15, 0.2) is 40.6 Å². The van der Waals surface area contributed by atoms with Crippen molar-refractivity contribution in [2.24, 2.45) is 10.2 Å². The number of carbonyl (C=O) groups is 1. The van der Waals surface area contributed by atoms with E-state index in [0.717, 1.165) is 0 Å². The van der Waals surface area contributed by atoms with Crippen LogP contribution in [0.1, 0.15) is 64.7 Å². The number of thiocarbonyl (C=S) groups is 1. The van der Waals surface area contributed by atoms with Crippen molar-refractivity contribution in [3.63, 3.8) is 0 Å². The Bertz CT molecular complexity index is 641. The molecule has 7 heteroatoms. The lowest BCUT2D eigenvalue weighted by molar-refractivity contribution is 0.0490. The van der Waals surface area contributed by atoms with Crippen LogP contribution in [0.3, 0.4) is 0 Å². The summed E-state index contributed by atoms with van der Waals surface area (Å²) < 4.78 is 5.35. The molecule has 0 radical (unpaired) electrons. The fourth-order valence-electron chi connectivity index (χ4n) is 2.18. The van der Waals surface area contributed by atoms with Crippen LogP contribution >= 0.6 is 12.2 Å². The maximum atomic E-state index is 12.0. The van der Waals surface area contributed by atoms with Gasteiger partial charge in [-0.1, -0.05) is 18.2 Å². The molecule has 2 N–H and O–H groups in total. The number of ether oxygens (including phenoxy) is 1. The van der Waals surface area contributed by atoms with E-state index in [1.165, 1.54) is 0 Å². The maximum Gasteiger partial charge on any atom is 0.338 e. The summed E-state index contributed by atoms with van der Waals surface area (Å²) in [6.07, 6.45) is 1.25. The number of rotatable bonds is 8. The van der Waals surface area contributed by atoms with Crippen LogP contribution in [0.4, 0.5) is 0 Å². The third kappa shape index (κ3) is 10.0. The van der Waals surface area contributed by atoms with Gasteiger partial charge in [0.1, 0.15) is 5.66 Å². The first-order valence-corrected chi connectivity index (χ1v) is 9.66. The highest BCUT2D eigenvalue weighted by Crippen LogP contribution is 2.19. The summed E-state index contributed by atoms with van der Waals surface area (Å²) in [6, 6.07) is 9.19. The largest absolute Gasteiger partial charge is 0.462 e. The number of hydrogen-bond donors (Lipinski definition) is 2. The highest BCUT2D eigenvalue weighted by atomic mass is 32.1. The van der Waals surface area contributed by atoms with Crippen molar-refractivity contribution >= 4 is 23.3 Å². The predicted octanol–water partition coefficient (Wildman–Crippen LogP) is 4.46. The van der Waals surface area contributed by atoms with Crippen molar-refractivity contribution in [1.29, 1.82) is 0 Å². The molecular formula is C20H32N4O2S.